The Bertz CT molecular complexity index is 1680. The fourth-order valence-corrected chi connectivity index (χ4v) is 9.23. The zero-order valence-corrected chi connectivity index (χ0v) is 51.7. The van der Waals surface area contributed by atoms with Crippen molar-refractivity contribution < 1.29 is 42.1 Å². The van der Waals surface area contributed by atoms with Crippen molar-refractivity contribution in [1.29, 1.82) is 0 Å². The molecule has 0 saturated carbocycles. The third-order valence-corrected chi connectivity index (χ3v) is 14.3. The van der Waals surface area contributed by atoms with E-state index >= 15 is 0 Å². The van der Waals surface area contributed by atoms with Gasteiger partial charge >= 0.3 is 11.9 Å². The Morgan fingerprint density at radius 2 is 0.692 bits per heavy atom. The Morgan fingerprint density at radius 3 is 1.03 bits per heavy atom. The average molecular weight is 1110 g/mol. The van der Waals surface area contributed by atoms with Gasteiger partial charge in [0.2, 0.25) is 0 Å². The van der Waals surface area contributed by atoms with Gasteiger partial charge in [0.1, 0.15) is 19.8 Å². The quantitative estimate of drug-likeness (QED) is 0.0195. The van der Waals surface area contributed by atoms with Crippen LogP contribution in [0, 0.1) is 0 Å². The molecule has 0 saturated heterocycles. The van der Waals surface area contributed by atoms with Crippen LogP contribution in [0.2, 0.25) is 0 Å². The van der Waals surface area contributed by atoms with Gasteiger partial charge in [-0.1, -0.05) is 258 Å². The Kier molecular flexibility index (Phi) is 55.8. The summed E-state index contributed by atoms with van der Waals surface area (Å²) >= 11 is 0. The molecule has 2 atom stereocenters. The molecule has 0 aliphatic carbocycles. The maximum absolute atomic E-state index is 12.8. The first-order valence-electron chi connectivity index (χ1n) is 31.6. The molecule has 0 aromatic heterocycles. The van der Waals surface area contributed by atoms with Crippen LogP contribution in [0.5, 0.6) is 0 Å². The van der Waals surface area contributed by atoms with E-state index in [0.717, 1.165) is 103 Å². The number of likely N-dealkylation sites (N-methyl/N-ethyl adjacent to an activating group) is 1. The summed E-state index contributed by atoms with van der Waals surface area (Å²) < 4.78 is 34.2. The van der Waals surface area contributed by atoms with Gasteiger partial charge in [-0.05, 0) is 96.3 Å². The number of carbonyl (C=O) groups excluding carboxylic acids is 2. The SMILES string of the molecule is CC/C=C\C/C=C\C/C=C\C/C=C\C/C=C\CCCCCCCCCC(=O)OC(COC(=O)CCCCCCCCCCCCCCCCCCCC/C=C\C/C=C\C/C=C\C/C=C\CC)COP(=O)([O-])OCC[N+](C)(C)C. The average Bonchev–Trinajstić information content (AvgIpc) is 3.40. The predicted molar refractivity (Wildman–Crippen MR) is 332 cm³/mol. The molecule has 0 heterocycles. The summed E-state index contributed by atoms with van der Waals surface area (Å²) in [6.07, 6.45) is 81.5. The highest BCUT2D eigenvalue weighted by molar-refractivity contribution is 7.45. The number of phosphoric ester groups is 1. The minimum atomic E-state index is -4.65. The lowest BCUT2D eigenvalue weighted by Crippen LogP contribution is -2.37. The van der Waals surface area contributed by atoms with Crippen LogP contribution in [0.15, 0.2) is 109 Å². The number of rotatable bonds is 57. The summed E-state index contributed by atoms with van der Waals surface area (Å²) in [5, 5.41) is 0. The van der Waals surface area contributed by atoms with Crippen LogP contribution in [0.4, 0.5) is 0 Å². The number of esters is 2. The summed E-state index contributed by atoms with van der Waals surface area (Å²) in [5.41, 5.74) is 0. The van der Waals surface area contributed by atoms with Crippen LogP contribution in [0.1, 0.15) is 258 Å². The van der Waals surface area contributed by atoms with Crippen LogP contribution in [0.25, 0.3) is 0 Å². The van der Waals surface area contributed by atoms with Crippen molar-refractivity contribution in [3.05, 3.63) is 109 Å². The van der Waals surface area contributed by atoms with Crippen LogP contribution in [0.3, 0.4) is 0 Å². The van der Waals surface area contributed by atoms with E-state index in [1.54, 1.807) is 0 Å². The second-order valence-corrected chi connectivity index (χ2v) is 23.4. The molecule has 9 nitrogen and oxygen atoms in total. The van der Waals surface area contributed by atoms with Gasteiger partial charge in [-0.2, -0.15) is 0 Å². The third kappa shape index (κ3) is 61.9. The van der Waals surface area contributed by atoms with Gasteiger partial charge < -0.3 is 27.9 Å². The molecule has 448 valence electrons. The molecule has 78 heavy (non-hydrogen) atoms. The van der Waals surface area contributed by atoms with Crippen molar-refractivity contribution in [2.75, 3.05) is 47.5 Å². The van der Waals surface area contributed by atoms with Gasteiger partial charge in [0.05, 0.1) is 27.7 Å². The summed E-state index contributed by atoms with van der Waals surface area (Å²) in [7, 11) is 1.15. The van der Waals surface area contributed by atoms with Gasteiger partial charge in [-0.15, -0.1) is 0 Å². The largest absolute Gasteiger partial charge is 0.756 e. The molecule has 0 spiro atoms. The smallest absolute Gasteiger partial charge is 0.306 e. The summed E-state index contributed by atoms with van der Waals surface area (Å²) in [6, 6.07) is 0. The molecular weight excluding hydrogens is 990 g/mol. The summed E-state index contributed by atoms with van der Waals surface area (Å²) in [4.78, 5) is 38.0. The number of phosphoric acid groups is 1. The lowest BCUT2D eigenvalue weighted by molar-refractivity contribution is -0.870. The standard InChI is InChI=1S/C68H118NO8P/c1-6-8-10-12-14-16-18-20-22-24-26-28-30-31-32-33-34-35-36-37-39-40-42-44-46-48-50-52-54-56-58-60-67(70)74-64-66(65-76-78(72,73)75-63-62-69(3,4)5)77-68(71)61-59-57-55-53-51-49-47-45-43-41-38-29-27-25-23-21-19-17-15-13-11-9-7-2/h8-11,14-17,20-23,26-29,41,43,66H,6-7,12-13,18-19,24-25,30-40,42,44-65H2,1-5H3/b10-8-,11-9-,16-14-,17-15-,22-20-,23-21-,28-26-,29-27-,43-41-. The van der Waals surface area contributed by atoms with Gasteiger partial charge in [-0.3, -0.25) is 14.2 Å². The molecule has 2 unspecified atom stereocenters. The maximum atomic E-state index is 12.8. The van der Waals surface area contributed by atoms with Gasteiger partial charge in [0.25, 0.3) is 7.82 Å². The van der Waals surface area contributed by atoms with Gasteiger partial charge in [0, 0.05) is 12.8 Å². The molecule has 0 N–H and O–H groups in total. The van der Waals surface area contributed by atoms with Crippen molar-refractivity contribution >= 4 is 19.8 Å². The van der Waals surface area contributed by atoms with Crippen molar-refractivity contribution in [3.63, 3.8) is 0 Å². The molecule has 0 aromatic carbocycles. The molecule has 0 radical (unpaired) electrons. The van der Waals surface area contributed by atoms with Crippen LogP contribution >= 0.6 is 7.82 Å². The molecular formula is C68H118NO8P. The first kappa shape index (κ1) is 74.7. The first-order valence-corrected chi connectivity index (χ1v) is 33.1. The molecule has 0 fully saturated rings. The van der Waals surface area contributed by atoms with E-state index in [-0.39, 0.29) is 32.0 Å². The summed E-state index contributed by atoms with van der Waals surface area (Å²) in [5.74, 6) is -0.845. The van der Waals surface area contributed by atoms with E-state index < -0.39 is 26.5 Å². The monoisotopic (exact) mass is 1110 g/mol. The highest BCUT2D eigenvalue weighted by atomic mass is 31.2. The number of hydrogen-bond acceptors (Lipinski definition) is 8. The third-order valence-electron chi connectivity index (χ3n) is 13.3. The van der Waals surface area contributed by atoms with Gasteiger partial charge in [-0.25, -0.2) is 0 Å². The van der Waals surface area contributed by atoms with Crippen molar-refractivity contribution in [1.82, 2.24) is 0 Å². The zero-order chi connectivity index (χ0) is 57.0. The highest BCUT2D eigenvalue weighted by Gasteiger charge is 2.22. The van der Waals surface area contributed by atoms with Crippen LogP contribution < -0.4 is 4.89 Å². The normalized spacial score (nSPS) is 14.0. The van der Waals surface area contributed by atoms with Crippen molar-refractivity contribution in [3.8, 4) is 0 Å². The number of nitrogens with zero attached hydrogens (tertiary/aromatic N) is 1. The van der Waals surface area contributed by atoms with E-state index in [0.29, 0.717) is 17.4 Å². The van der Waals surface area contributed by atoms with E-state index in [9.17, 15) is 19.0 Å². The lowest BCUT2D eigenvalue weighted by atomic mass is 10.0. The molecule has 0 rings (SSSR count). The summed E-state index contributed by atoms with van der Waals surface area (Å²) in [6.45, 7) is 4.01. The highest BCUT2D eigenvalue weighted by Crippen LogP contribution is 2.38. The van der Waals surface area contributed by atoms with Crippen LogP contribution in [-0.2, 0) is 32.7 Å². The molecule has 10 heteroatoms. The van der Waals surface area contributed by atoms with Crippen molar-refractivity contribution in [2.45, 2.75) is 264 Å². The number of quaternary nitrogens is 1. The number of allylic oxidation sites excluding steroid dienone is 18. The predicted octanol–water partition coefficient (Wildman–Crippen LogP) is 19.5. The van der Waals surface area contributed by atoms with E-state index in [4.69, 9.17) is 18.5 Å². The number of ether oxygens (including phenoxy) is 2. The minimum absolute atomic E-state index is 0.0374. The zero-order valence-electron chi connectivity index (χ0n) is 50.8. The maximum Gasteiger partial charge on any atom is 0.306 e. The van der Waals surface area contributed by atoms with E-state index in [1.165, 1.54) is 122 Å². The number of hydrogen-bond donors (Lipinski definition) is 0. The fourth-order valence-electron chi connectivity index (χ4n) is 8.50. The Labute approximate surface area is 480 Å². The minimum Gasteiger partial charge on any atom is -0.756 e. The molecule has 0 aliphatic heterocycles. The molecule has 0 aromatic rings. The first-order chi connectivity index (χ1) is 38.0. The molecule has 0 amide bonds. The number of unbranched alkanes of at least 4 members (excludes halogenated alkanes) is 25. The molecule has 0 bridgehead atoms. The number of carbonyl (C=O) groups is 2. The Morgan fingerprint density at radius 1 is 0.397 bits per heavy atom. The second kappa shape index (κ2) is 58.3. The molecule has 0 aliphatic rings. The van der Waals surface area contributed by atoms with E-state index in [2.05, 4.69) is 123 Å². The van der Waals surface area contributed by atoms with E-state index in [1.807, 2.05) is 21.1 Å². The van der Waals surface area contributed by atoms with Crippen molar-refractivity contribution in [2.24, 2.45) is 0 Å². The topological polar surface area (TPSA) is 111 Å². The second-order valence-electron chi connectivity index (χ2n) is 22.0. The van der Waals surface area contributed by atoms with Crippen LogP contribution in [-0.4, -0.2) is 70.0 Å². The van der Waals surface area contributed by atoms with Gasteiger partial charge in [0.15, 0.2) is 6.10 Å². The lowest BCUT2D eigenvalue weighted by Gasteiger charge is -2.28. The Balaban J connectivity index is 4.10. The fraction of sp³-hybridized carbons (Fsp3) is 0.706. The Hall–Kier alpha value is -3.33.